The average Bonchev–Trinajstić information content (AvgIpc) is 2.34. The maximum Gasteiger partial charge on any atom is 0.251 e. The number of rotatable bonds is 6. The number of benzene rings is 1. The molecule has 0 fully saturated rings. The molecule has 0 aliphatic heterocycles. The van der Waals surface area contributed by atoms with Crippen LogP contribution in [0.3, 0.4) is 0 Å². The van der Waals surface area contributed by atoms with Gasteiger partial charge in [-0.3, -0.25) is 4.79 Å². The van der Waals surface area contributed by atoms with Crippen molar-refractivity contribution >= 4 is 40.3 Å². The Kier molecular flexibility index (Phi) is 6.87. The summed E-state index contributed by atoms with van der Waals surface area (Å²) in [4.78, 5) is 12.9. The minimum Gasteiger partial charge on any atom is -0.352 e. The monoisotopic (exact) mass is 349 g/mol. The standard InChI is InChI=1S/C12H16INOS/c1-16-11-6-4-10(5-7-11)12(15)14-9-3-2-8-13/h4-7H,2-3,8-9H2,1H3,(H,14,15). The van der Waals surface area contributed by atoms with Crippen molar-refractivity contribution in [2.45, 2.75) is 17.7 Å². The Hall–Kier alpha value is -0.230. The van der Waals surface area contributed by atoms with Gasteiger partial charge in [-0.2, -0.15) is 0 Å². The van der Waals surface area contributed by atoms with E-state index in [1.165, 1.54) is 4.90 Å². The molecule has 2 nitrogen and oxygen atoms in total. The number of carbonyl (C=O) groups is 1. The van der Waals surface area contributed by atoms with Gasteiger partial charge < -0.3 is 5.32 Å². The predicted octanol–water partition coefficient (Wildman–Crippen LogP) is 3.35. The van der Waals surface area contributed by atoms with Crippen LogP contribution in [0.2, 0.25) is 0 Å². The maximum absolute atomic E-state index is 11.7. The van der Waals surface area contributed by atoms with Crippen LogP contribution >= 0.6 is 34.4 Å². The molecule has 1 aromatic carbocycles. The molecule has 1 amide bonds. The van der Waals surface area contributed by atoms with Gasteiger partial charge >= 0.3 is 0 Å². The molecule has 16 heavy (non-hydrogen) atoms. The molecule has 0 spiro atoms. The largest absolute Gasteiger partial charge is 0.352 e. The second-order valence-corrected chi connectivity index (χ2v) is 5.34. The first kappa shape index (κ1) is 13.8. The quantitative estimate of drug-likeness (QED) is 0.369. The van der Waals surface area contributed by atoms with E-state index >= 15 is 0 Å². The van der Waals surface area contributed by atoms with Gasteiger partial charge in [0.1, 0.15) is 0 Å². The predicted molar refractivity (Wildman–Crippen MR) is 78.7 cm³/mol. The summed E-state index contributed by atoms with van der Waals surface area (Å²) in [5.41, 5.74) is 0.743. The number of unbranched alkanes of at least 4 members (excludes halogenated alkanes) is 1. The Balaban J connectivity index is 2.40. The molecule has 0 unspecified atom stereocenters. The molecule has 0 aliphatic carbocycles. The average molecular weight is 349 g/mol. The van der Waals surface area contributed by atoms with Crippen molar-refractivity contribution in [3.8, 4) is 0 Å². The molecular formula is C12H16INOS. The summed E-state index contributed by atoms with van der Waals surface area (Å²) < 4.78 is 1.15. The van der Waals surface area contributed by atoms with Gasteiger partial charge in [-0.25, -0.2) is 0 Å². The van der Waals surface area contributed by atoms with Gasteiger partial charge in [0, 0.05) is 17.0 Å². The van der Waals surface area contributed by atoms with Crippen molar-refractivity contribution in [1.82, 2.24) is 5.32 Å². The van der Waals surface area contributed by atoms with Gasteiger partial charge in [-0.1, -0.05) is 22.6 Å². The maximum atomic E-state index is 11.7. The third kappa shape index (κ3) is 4.74. The summed E-state index contributed by atoms with van der Waals surface area (Å²) in [5, 5.41) is 2.92. The Morgan fingerprint density at radius 2 is 2.00 bits per heavy atom. The van der Waals surface area contributed by atoms with Gasteiger partial charge in [-0.05, 0) is 47.8 Å². The normalized spacial score (nSPS) is 10.1. The second kappa shape index (κ2) is 7.95. The zero-order valence-corrected chi connectivity index (χ0v) is 12.3. The van der Waals surface area contributed by atoms with Gasteiger partial charge in [0.25, 0.3) is 5.91 Å². The fraction of sp³-hybridized carbons (Fsp3) is 0.417. The lowest BCUT2D eigenvalue weighted by Gasteiger charge is -2.04. The topological polar surface area (TPSA) is 29.1 Å². The van der Waals surface area contributed by atoms with Crippen molar-refractivity contribution in [3.63, 3.8) is 0 Å². The van der Waals surface area contributed by atoms with E-state index < -0.39 is 0 Å². The number of halogens is 1. The summed E-state index contributed by atoms with van der Waals surface area (Å²) in [6.45, 7) is 0.770. The minimum atomic E-state index is 0.0288. The summed E-state index contributed by atoms with van der Waals surface area (Å²) in [7, 11) is 0. The third-order valence-electron chi connectivity index (χ3n) is 2.20. The van der Waals surface area contributed by atoms with Gasteiger partial charge in [0.15, 0.2) is 0 Å². The molecule has 1 aromatic rings. The highest BCUT2D eigenvalue weighted by Crippen LogP contribution is 2.14. The van der Waals surface area contributed by atoms with Crippen LogP contribution in [0.1, 0.15) is 23.2 Å². The molecule has 0 atom stereocenters. The molecule has 0 heterocycles. The lowest BCUT2D eigenvalue weighted by Crippen LogP contribution is -2.24. The molecule has 0 saturated heterocycles. The zero-order chi connectivity index (χ0) is 11.8. The van der Waals surface area contributed by atoms with Crippen LogP contribution in [0.4, 0.5) is 0 Å². The van der Waals surface area contributed by atoms with E-state index in [0.717, 1.165) is 29.4 Å². The van der Waals surface area contributed by atoms with Crippen LogP contribution < -0.4 is 5.32 Å². The van der Waals surface area contributed by atoms with Crippen molar-refractivity contribution in [2.24, 2.45) is 0 Å². The SMILES string of the molecule is CSc1ccc(C(=O)NCCCCI)cc1. The molecule has 0 aliphatic rings. The fourth-order valence-electron chi connectivity index (χ4n) is 1.27. The third-order valence-corrected chi connectivity index (χ3v) is 3.70. The van der Waals surface area contributed by atoms with E-state index in [1.54, 1.807) is 11.8 Å². The van der Waals surface area contributed by atoms with E-state index in [1.807, 2.05) is 30.5 Å². The first-order valence-corrected chi connectivity index (χ1v) is 8.01. The van der Waals surface area contributed by atoms with Crippen molar-refractivity contribution in [3.05, 3.63) is 29.8 Å². The van der Waals surface area contributed by atoms with Crippen molar-refractivity contribution < 1.29 is 4.79 Å². The molecular weight excluding hydrogens is 333 g/mol. The van der Waals surface area contributed by atoms with Crippen LogP contribution in [0, 0.1) is 0 Å². The van der Waals surface area contributed by atoms with E-state index in [0.29, 0.717) is 0 Å². The molecule has 0 bridgehead atoms. The fourth-order valence-corrected chi connectivity index (χ4v) is 2.21. The number of alkyl halides is 1. The summed E-state index contributed by atoms with van der Waals surface area (Å²) in [6, 6.07) is 7.70. The molecule has 4 heteroatoms. The number of amides is 1. The van der Waals surface area contributed by atoms with Crippen LogP contribution in [-0.4, -0.2) is 23.1 Å². The van der Waals surface area contributed by atoms with Crippen LogP contribution in [0.5, 0.6) is 0 Å². The minimum absolute atomic E-state index is 0.0288. The number of carbonyl (C=O) groups excluding carboxylic acids is 1. The number of nitrogens with one attached hydrogen (secondary N) is 1. The molecule has 0 radical (unpaired) electrons. The smallest absolute Gasteiger partial charge is 0.251 e. The summed E-state index contributed by atoms with van der Waals surface area (Å²) >= 11 is 4.03. The summed E-state index contributed by atoms with van der Waals surface area (Å²) in [5.74, 6) is 0.0288. The number of thioether (sulfide) groups is 1. The Bertz CT molecular complexity index is 326. The van der Waals surface area contributed by atoms with E-state index in [4.69, 9.17) is 0 Å². The van der Waals surface area contributed by atoms with Gasteiger partial charge in [0.2, 0.25) is 0 Å². The molecule has 1 N–H and O–H groups in total. The number of hydrogen-bond donors (Lipinski definition) is 1. The molecule has 88 valence electrons. The van der Waals surface area contributed by atoms with E-state index in [9.17, 15) is 4.79 Å². The zero-order valence-electron chi connectivity index (χ0n) is 9.33. The van der Waals surface area contributed by atoms with E-state index in [2.05, 4.69) is 27.9 Å². The Labute approximate surface area is 115 Å². The highest BCUT2D eigenvalue weighted by Gasteiger charge is 2.03. The molecule has 1 rings (SSSR count). The van der Waals surface area contributed by atoms with Crippen molar-refractivity contribution in [2.75, 3.05) is 17.2 Å². The van der Waals surface area contributed by atoms with Crippen LogP contribution in [0.25, 0.3) is 0 Å². The highest BCUT2D eigenvalue weighted by molar-refractivity contribution is 14.1. The Morgan fingerprint density at radius 1 is 1.31 bits per heavy atom. The lowest BCUT2D eigenvalue weighted by molar-refractivity contribution is 0.0953. The second-order valence-electron chi connectivity index (χ2n) is 3.38. The highest BCUT2D eigenvalue weighted by atomic mass is 127. The van der Waals surface area contributed by atoms with Gasteiger partial charge in [-0.15, -0.1) is 11.8 Å². The summed E-state index contributed by atoms with van der Waals surface area (Å²) in [6.07, 6.45) is 4.24. The van der Waals surface area contributed by atoms with E-state index in [-0.39, 0.29) is 5.91 Å². The molecule has 0 saturated carbocycles. The molecule has 0 aromatic heterocycles. The lowest BCUT2D eigenvalue weighted by atomic mass is 10.2. The van der Waals surface area contributed by atoms with Gasteiger partial charge in [0.05, 0.1) is 0 Å². The number of hydrogen-bond acceptors (Lipinski definition) is 2. The van der Waals surface area contributed by atoms with Crippen LogP contribution in [0.15, 0.2) is 29.2 Å². The Morgan fingerprint density at radius 3 is 2.56 bits per heavy atom. The first-order valence-electron chi connectivity index (χ1n) is 5.26. The van der Waals surface area contributed by atoms with Crippen molar-refractivity contribution in [1.29, 1.82) is 0 Å². The first-order chi connectivity index (χ1) is 7.77. The van der Waals surface area contributed by atoms with Crippen LogP contribution in [-0.2, 0) is 0 Å².